The highest BCUT2D eigenvalue weighted by Crippen LogP contribution is 2.40. The van der Waals surface area contributed by atoms with E-state index in [0.29, 0.717) is 41.5 Å². The number of H-pyrrole nitrogens is 1. The van der Waals surface area contributed by atoms with Gasteiger partial charge in [-0.2, -0.15) is 5.10 Å². The van der Waals surface area contributed by atoms with Crippen LogP contribution in [-0.2, 0) is 9.59 Å². The van der Waals surface area contributed by atoms with Crippen molar-refractivity contribution in [3.05, 3.63) is 80.5 Å². The molecule has 2 aliphatic rings. The molecule has 0 bridgehead atoms. The van der Waals surface area contributed by atoms with E-state index in [4.69, 9.17) is 16.3 Å². The lowest BCUT2D eigenvalue weighted by molar-refractivity contribution is -0.140. The summed E-state index contributed by atoms with van der Waals surface area (Å²) in [7, 11) is 0. The third-order valence-electron chi connectivity index (χ3n) is 8.18. The van der Waals surface area contributed by atoms with Crippen LogP contribution in [0.15, 0.2) is 47.3 Å². The lowest BCUT2D eigenvalue weighted by Crippen LogP contribution is -2.55. The van der Waals surface area contributed by atoms with Crippen molar-refractivity contribution >= 4 is 29.3 Å². The van der Waals surface area contributed by atoms with Crippen LogP contribution in [-0.4, -0.2) is 67.4 Å². The highest BCUT2D eigenvalue weighted by molar-refractivity contribution is 6.30. The van der Waals surface area contributed by atoms with Crippen LogP contribution in [0.3, 0.4) is 0 Å². The average molecular weight is 607 g/mol. The van der Waals surface area contributed by atoms with Gasteiger partial charge in [-0.05, 0) is 76.8 Å². The van der Waals surface area contributed by atoms with E-state index >= 15 is 0 Å². The number of rotatable bonds is 8. The van der Waals surface area contributed by atoms with Crippen molar-refractivity contribution in [1.29, 1.82) is 0 Å². The van der Waals surface area contributed by atoms with Crippen LogP contribution in [0.4, 0.5) is 0 Å². The third-order valence-corrected chi connectivity index (χ3v) is 8.42. The van der Waals surface area contributed by atoms with E-state index in [1.54, 1.807) is 32.9 Å². The Morgan fingerprint density at radius 2 is 1.88 bits per heavy atom. The number of nitrogens with zero attached hydrogens (tertiary/aromatic N) is 4. The van der Waals surface area contributed by atoms with Gasteiger partial charge in [0.2, 0.25) is 11.8 Å². The molecule has 2 aliphatic heterocycles. The number of aromatic amines is 1. The number of aryl methyl sites for hydroxylation is 2. The molecule has 43 heavy (non-hydrogen) atoms. The number of ether oxygens (including phenoxy) is 1. The summed E-state index contributed by atoms with van der Waals surface area (Å²) in [5, 5.41) is 9.58. The van der Waals surface area contributed by atoms with Gasteiger partial charge in [0.1, 0.15) is 17.5 Å². The molecule has 2 saturated heterocycles. The Morgan fingerprint density at radius 3 is 2.58 bits per heavy atom. The van der Waals surface area contributed by atoms with Gasteiger partial charge in [-0.1, -0.05) is 23.7 Å². The van der Waals surface area contributed by atoms with Crippen LogP contribution in [0.2, 0.25) is 5.02 Å². The van der Waals surface area contributed by atoms with E-state index in [0.717, 1.165) is 18.4 Å². The maximum absolute atomic E-state index is 14.1. The maximum atomic E-state index is 14.1. The summed E-state index contributed by atoms with van der Waals surface area (Å²) in [6, 6.07) is 10.5. The van der Waals surface area contributed by atoms with E-state index in [9.17, 15) is 19.2 Å². The number of benzene rings is 1. The number of carbonyl (C=O) groups is 3. The monoisotopic (exact) mass is 606 g/mol. The fourth-order valence-electron chi connectivity index (χ4n) is 5.99. The summed E-state index contributed by atoms with van der Waals surface area (Å²) in [4.78, 5) is 60.0. The van der Waals surface area contributed by atoms with Gasteiger partial charge in [0.05, 0.1) is 23.5 Å². The Bertz CT molecular complexity index is 1610. The predicted octanol–water partition coefficient (Wildman–Crippen LogP) is 4.09. The molecule has 4 atom stereocenters. The van der Waals surface area contributed by atoms with Gasteiger partial charge in [0.15, 0.2) is 5.75 Å². The van der Waals surface area contributed by atoms with Crippen LogP contribution >= 0.6 is 11.6 Å². The van der Waals surface area contributed by atoms with Gasteiger partial charge in [-0.3, -0.25) is 19.2 Å². The molecular formula is C31H35ClN6O5. The number of likely N-dealkylation sites (tertiary alicyclic amines) is 2. The van der Waals surface area contributed by atoms with Crippen molar-refractivity contribution in [3.8, 4) is 11.5 Å². The minimum atomic E-state index is -0.868. The number of halogens is 1. The summed E-state index contributed by atoms with van der Waals surface area (Å²) in [6.07, 6.45) is 2.76. The van der Waals surface area contributed by atoms with Crippen molar-refractivity contribution in [1.82, 2.24) is 30.3 Å². The molecular weight excluding hydrogens is 572 g/mol. The highest BCUT2D eigenvalue weighted by atomic mass is 35.5. The van der Waals surface area contributed by atoms with E-state index in [1.165, 1.54) is 12.1 Å². The SMILES string of the molecule is Cc1cc(Oc2ccc(C(=O)NC(C)C(=O)N3[C@@H](C(C)N4CCCC4=O)CC[C@H]3c3cccc(Cl)c3)nc2C)c(=O)[nH]n1. The zero-order valence-electron chi connectivity index (χ0n) is 24.6. The second-order valence-electron chi connectivity index (χ2n) is 11.2. The molecule has 0 aliphatic carbocycles. The summed E-state index contributed by atoms with van der Waals surface area (Å²) in [5.41, 5.74) is 1.50. The number of hydrogen-bond donors (Lipinski definition) is 2. The molecule has 5 rings (SSSR count). The zero-order chi connectivity index (χ0) is 30.8. The second-order valence-corrected chi connectivity index (χ2v) is 11.6. The molecule has 2 unspecified atom stereocenters. The first kappa shape index (κ1) is 30.2. The first-order chi connectivity index (χ1) is 20.5. The van der Waals surface area contributed by atoms with Crippen LogP contribution in [0, 0.1) is 13.8 Å². The molecule has 2 fully saturated rings. The number of nitrogens with one attached hydrogen (secondary N) is 2. The van der Waals surface area contributed by atoms with E-state index < -0.39 is 17.5 Å². The smallest absolute Gasteiger partial charge is 0.307 e. The van der Waals surface area contributed by atoms with Gasteiger partial charge in [0.25, 0.3) is 5.91 Å². The van der Waals surface area contributed by atoms with Crippen LogP contribution in [0.5, 0.6) is 11.5 Å². The number of carbonyl (C=O) groups excluding carboxylic acids is 3. The quantitative estimate of drug-likeness (QED) is 0.394. The molecule has 0 radical (unpaired) electrons. The standard InChI is InChI=1S/C31H35ClN6O5/c1-17-15-27(30(41)36-35-17)43-26-13-10-23(33-18(26)2)29(40)34-19(3)31(42)38-24(20(4)37-14-6-9-28(37)39)11-12-25(38)21-7-5-8-22(32)16-21/h5,7-8,10,13,15-16,19-20,24-25H,6,9,11-12,14H2,1-4H3,(H,34,40)(H,36,41)/t19?,20?,24-,25+/m1/s1. The van der Waals surface area contributed by atoms with E-state index in [1.807, 2.05) is 34.9 Å². The van der Waals surface area contributed by atoms with E-state index in [-0.39, 0.29) is 41.4 Å². The van der Waals surface area contributed by atoms with Crippen molar-refractivity contribution in [3.63, 3.8) is 0 Å². The molecule has 2 aromatic heterocycles. The molecule has 11 nitrogen and oxygen atoms in total. The molecule has 0 saturated carbocycles. The van der Waals surface area contributed by atoms with Gasteiger partial charge >= 0.3 is 5.56 Å². The highest BCUT2D eigenvalue weighted by Gasteiger charge is 2.44. The fraction of sp³-hybridized carbons (Fsp3) is 0.419. The Kier molecular flexibility index (Phi) is 8.82. The zero-order valence-corrected chi connectivity index (χ0v) is 25.4. The number of aromatic nitrogens is 3. The van der Waals surface area contributed by atoms with Crippen molar-refractivity contribution < 1.29 is 19.1 Å². The number of pyridine rings is 1. The number of hydrogen-bond acceptors (Lipinski definition) is 7. The fourth-order valence-corrected chi connectivity index (χ4v) is 6.19. The molecule has 3 aromatic rings. The molecule has 2 N–H and O–H groups in total. The van der Waals surface area contributed by atoms with E-state index in [2.05, 4.69) is 20.5 Å². The third kappa shape index (κ3) is 6.41. The first-order valence-electron chi connectivity index (χ1n) is 14.4. The van der Waals surface area contributed by atoms with Crippen molar-refractivity contribution in [2.45, 2.75) is 77.5 Å². The summed E-state index contributed by atoms with van der Waals surface area (Å²) < 4.78 is 5.71. The minimum Gasteiger partial charge on any atom is -0.450 e. The van der Waals surface area contributed by atoms with Crippen molar-refractivity contribution in [2.24, 2.45) is 0 Å². The van der Waals surface area contributed by atoms with Crippen LogP contribution in [0.25, 0.3) is 0 Å². The summed E-state index contributed by atoms with van der Waals surface area (Å²) in [6.45, 7) is 7.70. The lowest BCUT2D eigenvalue weighted by Gasteiger charge is -2.39. The second kappa shape index (κ2) is 12.5. The summed E-state index contributed by atoms with van der Waals surface area (Å²) in [5.74, 6) is -0.293. The Morgan fingerprint density at radius 1 is 1.09 bits per heavy atom. The van der Waals surface area contributed by atoms with Gasteiger partial charge < -0.3 is 19.9 Å². The minimum absolute atomic E-state index is 0.0631. The van der Waals surface area contributed by atoms with Crippen LogP contribution < -0.4 is 15.6 Å². The van der Waals surface area contributed by atoms with Crippen LogP contribution in [0.1, 0.15) is 73.0 Å². The Labute approximate surface area is 254 Å². The molecule has 1 aromatic carbocycles. The molecule has 12 heteroatoms. The van der Waals surface area contributed by atoms with Gasteiger partial charge in [-0.15, -0.1) is 0 Å². The molecule has 3 amide bonds. The molecule has 226 valence electrons. The number of amides is 3. The summed E-state index contributed by atoms with van der Waals surface area (Å²) >= 11 is 6.31. The van der Waals surface area contributed by atoms with Gasteiger partial charge in [0, 0.05) is 30.1 Å². The van der Waals surface area contributed by atoms with Crippen molar-refractivity contribution in [2.75, 3.05) is 6.54 Å². The molecule has 4 heterocycles. The molecule has 0 spiro atoms. The van der Waals surface area contributed by atoms with Gasteiger partial charge in [-0.25, -0.2) is 10.1 Å². The largest absolute Gasteiger partial charge is 0.450 e. The topological polar surface area (TPSA) is 138 Å². The average Bonchev–Trinajstić information content (AvgIpc) is 3.61. The normalized spacial score (nSPS) is 19.8. The lowest BCUT2D eigenvalue weighted by atomic mass is 10.0. The Hall–Kier alpha value is -4.25. The Balaban J connectivity index is 1.34. The predicted molar refractivity (Wildman–Crippen MR) is 160 cm³/mol. The first-order valence-corrected chi connectivity index (χ1v) is 14.8. The maximum Gasteiger partial charge on any atom is 0.307 e.